The van der Waals surface area contributed by atoms with E-state index >= 15 is 0 Å². The van der Waals surface area contributed by atoms with Crippen molar-refractivity contribution in [2.75, 3.05) is 5.88 Å². The minimum Gasteiger partial charge on any atom is -0.508 e. The van der Waals surface area contributed by atoms with Crippen LogP contribution in [0.3, 0.4) is 0 Å². The SMILES string of the molecule is O/C(=C/CCCl)c1ccc(Cl)cc1. The Bertz CT molecular complexity index is 290. The molecule has 13 heavy (non-hydrogen) atoms. The molecule has 0 aliphatic carbocycles. The van der Waals surface area contributed by atoms with Crippen molar-refractivity contribution in [2.24, 2.45) is 0 Å². The van der Waals surface area contributed by atoms with Crippen LogP contribution < -0.4 is 0 Å². The third-order valence-corrected chi connectivity index (χ3v) is 2.06. The average molecular weight is 217 g/mol. The Kier molecular flexibility index (Phi) is 4.13. The lowest BCUT2D eigenvalue weighted by Gasteiger charge is -1.99. The smallest absolute Gasteiger partial charge is 0.118 e. The van der Waals surface area contributed by atoms with E-state index in [9.17, 15) is 5.11 Å². The molecule has 3 heteroatoms. The first-order chi connectivity index (χ1) is 6.24. The quantitative estimate of drug-likeness (QED) is 0.601. The summed E-state index contributed by atoms with van der Waals surface area (Å²) in [6, 6.07) is 7.01. The number of rotatable bonds is 3. The number of alkyl halides is 1. The van der Waals surface area contributed by atoms with Gasteiger partial charge in [0.05, 0.1) is 0 Å². The van der Waals surface area contributed by atoms with Crippen molar-refractivity contribution in [2.45, 2.75) is 6.42 Å². The number of hydrogen-bond donors (Lipinski definition) is 1. The molecular formula is C10H10Cl2O. The van der Waals surface area contributed by atoms with Gasteiger partial charge in [0.25, 0.3) is 0 Å². The Morgan fingerprint density at radius 2 is 1.92 bits per heavy atom. The molecule has 0 radical (unpaired) electrons. The number of halogens is 2. The summed E-state index contributed by atoms with van der Waals surface area (Å²) in [4.78, 5) is 0. The summed E-state index contributed by atoms with van der Waals surface area (Å²) in [6.07, 6.45) is 2.35. The van der Waals surface area contributed by atoms with Crippen molar-refractivity contribution < 1.29 is 5.11 Å². The fourth-order valence-corrected chi connectivity index (χ4v) is 1.16. The summed E-state index contributed by atoms with van der Waals surface area (Å²) in [7, 11) is 0. The van der Waals surface area contributed by atoms with E-state index in [4.69, 9.17) is 23.2 Å². The van der Waals surface area contributed by atoms with Gasteiger partial charge in [0, 0.05) is 16.5 Å². The van der Waals surface area contributed by atoms with Crippen molar-refractivity contribution in [3.8, 4) is 0 Å². The van der Waals surface area contributed by atoms with Gasteiger partial charge in [-0.2, -0.15) is 0 Å². The first-order valence-electron chi connectivity index (χ1n) is 3.95. The summed E-state index contributed by atoms with van der Waals surface area (Å²) >= 11 is 11.2. The summed E-state index contributed by atoms with van der Waals surface area (Å²) in [6.45, 7) is 0. The monoisotopic (exact) mass is 216 g/mol. The molecule has 1 rings (SSSR count). The largest absolute Gasteiger partial charge is 0.508 e. The van der Waals surface area contributed by atoms with Crippen LogP contribution in [-0.2, 0) is 0 Å². The van der Waals surface area contributed by atoms with Crippen LogP contribution in [0.15, 0.2) is 30.3 Å². The maximum Gasteiger partial charge on any atom is 0.118 e. The predicted molar refractivity (Wildman–Crippen MR) is 57.4 cm³/mol. The molecule has 0 saturated carbocycles. The molecule has 0 aromatic heterocycles. The van der Waals surface area contributed by atoms with Crippen LogP contribution in [-0.4, -0.2) is 11.0 Å². The molecule has 1 aromatic rings. The van der Waals surface area contributed by atoms with Crippen molar-refractivity contribution in [3.05, 3.63) is 40.9 Å². The van der Waals surface area contributed by atoms with E-state index in [0.29, 0.717) is 17.3 Å². The van der Waals surface area contributed by atoms with Gasteiger partial charge < -0.3 is 5.11 Å². The van der Waals surface area contributed by atoms with E-state index in [2.05, 4.69) is 0 Å². The van der Waals surface area contributed by atoms with Crippen molar-refractivity contribution in [1.82, 2.24) is 0 Å². The molecule has 0 aliphatic heterocycles. The minimum atomic E-state index is 0.248. The first-order valence-corrected chi connectivity index (χ1v) is 4.86. The van der Waals surface area contributed by atoms with E-state index in [1.165, 1.54) is 0 Å². The predicted octanol–water partition coefficient (Wildman–Crippen LogP) is 3.87. The third kappa shape index (κ3) is 3.29. The lowest BCUT2D eigenvalue weighted by Crippen LogP contribution is -1.82. The molecule has 0 heterocycles. The van der Waals surface area contributed by atoms with E-state index in [1.807, 2.05) is 0 Å². The summed E-state index contributed by atoms with van der Waals surface area (Å²) in [5, 5.41) is 10.2. The number of benzene rings is 1. The topological polar surface area (TPSA) is 20.2 Å². The van der Waals surface area contributed by atoms with Gasteiger partial charge in [-0.25, -0.2) is 0 Å². The zero-order valence-corrected chi connectivity index (χ0v) is 8.52. The molecule has 0 saturated heterocycles. The molecule has 0 atom stereocenters. The summed E-state index contributed by atoms with van der Waals surface area (Å²) in [5.74, 6) is 0.759. The number of aliphatic hydroxyl groups is 1. The van der Waals surface area contributed by atoms with Crippen LogP contribution in [0.1, 0.15) is 12.0 Å². The second-order valence-corrected chi connectivity index (χ2v) is 3.39. The van der Waals surface area contributed by atoms with E-state index in [1.54, 1.807) is 30.3 Å². The zero-order valence-electron chi connectivity index (χ0n) is 7.00. The standard InChI is InChI=1S/C10H10Cl2O/c11-7-1-2-10(13)8-3-5-9(12)6-4-8/h2-6,13H,1,7H2/b10-2+. The van der Waals surface area contributed by atoms with Gasteiger partial charge in [-0.05, 0) is 36.8 Å². The zero-order chi connectivity index (χ0) is 9.68. The number of aliphatic hydroxyl groups excluding tert-OH is 1. The van der Waals surface area contributed by atoms with E-state index < -0.39 is 0 Å². The molecule has 0 aliphatic rings. The number of hydrogen-bond acceptors (Lipinski definition) is 1. The van der Waals surface area contributed by atoms with E-state index in [-0.39, 0.29) is 5.76 Å². The molecule has 0 amide bonds. The van der Waals surface area contributed by atoms with Crippen molar-refractivity contribution in [3.63, 3.8) is 0 Å². The van der Waals surface area contributed by atoms with Crippen LogP contribution in [0.5, 0.6) is 0 Å². The van der Waals surface area contributed by atoms with Crippen LogP contribution in [0.2, 0.25) is 5.02 Å². The van der Waals surface area contributed by atoms with Gasteiger partial charge in [-0.1, -0.05) is 11.6 Å². The molecule has 0 fully saturated rings. The minimum absolute atomic E-state index is 0.248. The Labute approximate surface area is 87.6 Å². The third-order valence-electron chi connectivity index (χ3n) is 1.59. The maximum atomic E-state index is 9.50. The average Bonchev–Trinajstić information content (AvgIpc) is 2.15. The van der Waals surface area contributed by atoms with Crippen molar-refractivity contribution >= 4 is 29.0 Å². The van der Waals surface area contributed by atoms with Gasteiger partial charge >= 0.3 is 0 Å². The fraction of sp³-hybridized carbons (Fsp3) is 0.200. The molecule has 1 aromatic carbocycles. The second-order valence-electron chi connectivity index (χ2n) is 2.57. The summed E-state index contributed by atoms with van der Waals surface area (Å²) < 4.78 is 0. The summed E-state index contributed by atoms with van der Waals surface area (Å²) in [5.41, 5.74) is 0.759. The molecule has 0 spiro atoms. The van der Waals surface area contributed by atoms with Crippen LogP contribution in [0.25, 0.3) is 5.76 Å². The lowest BCUT2D eigenvalue weighted by molar-refractivity contribution is 0.510. The highest BCUT2D eigenvalue weighted by Gasteiger charge is 1.97. The second kappa shape index (κ2) is 5.15. The Hall–Kier alpha value is -0.660. The molecule has 1 nitrogen and oxygen atoms in total. The fourth-order valence-electron chi connectivity index (χ4n) is 0.930. The Balaban J connectivity index is 2.77. The molecular weight excluding hydrogens is 207 g/mol. The highest BCUT2D eigenvalue weighted by molar-refractivity contribution is 6.30. The lowest BCUT2D eigenvalue weighted by atomic mass is 10.2. The first kappa shape index (κ1) is 10.4. The van der Waals surface area contributed by atoms with Crippen LogP contribution in [0.4, 0.5) is 0 Å². The number of allylic oxidation sites excluding steroid dienone is 1. The van der Waals surface area contributed by atoms with Crippen molar-refractivity contribution in [1.29, 1.82) is 0 Å². The highest BCUT2D eigenvalue weighted by Crippen LogP contribution is 2.15. The Morgan fingerprint density at radius 3 is 2.46 bits per heavy atom. The molecule has 0 bridgehead atoms. The van der Waals surface area contributed by atoms with Gasteiger partial charge in [-0.3, -0.25) is 0 Å². The molecule has 0 unspecified atom stereocenters. The maximum absolute atomic E-state index is 9.50. The Morgan fingerprint density at radius 1 is 1.31 bits per heavy atom. The highest BCUT2D eigenvalue weighted by atomic mass is 35.5. The van der Waals surface area contributed by atoms with Gasteiger partial charge in [0.2, 0.25) is 0 Å². The van der Waals surface area contributed by atoms with Gasteiger partial charge in [0.15, 0.2) is 0 Å². The van der Waals surface area contributed by atoms with E-state index in [0.717, 1.165) is 5.56 Å². The van der Waals surface area contributed by atoms with Crippen LogP contribution >= 0.6 is 23.2 Å². The molecule has 70 valence electrons. The van der Waals surface area contributed by atoms with Gasteiger partial charge in [0.1, 0.15) is 5.76 Å². The van der Waals surface area contributed by atoms with Gasteiger partial charge in [-0.15, -0.1) is 11.6 Å². The van der Waals surface area contributed by atoms with Crippen LogP contribution in [0, 0.1) is 0 Å². The molecule has 1 N–H and O–H groups in total. The normalized spacial score (nSPS) is 11.7.